The van der Waals surface area contributed by atoms with Crippen molar-refractivity contribution in [3.63, 3.8) is 0 Å². The van der Waals surface area contributed by atoms with Crippen LogP contribution in [-0.4, -0.2) is 27.4 Å². The molecule has 6 nitrogen and oxygen atoms in total. The van der Waals surface area contributed by atoms with Gasteiger partial charge in [0.1, 0.15) is 10.6 Å². The minimum Gasteiger partial charge on any atom is -0.383 e. The summed E-state index contributed by atoms with van der Waals surface area (Å²) in [5.41, 5.74) is 6.88. The number of carbonyl (C=O) groups excluding carboxylic acids is 2. The normalized spacial score (nSPS) is 10.7. The van der Waals surface area contributed by atoms with Crippen molar-refractivity contribution in [2.75, 3.05) is 16.8 Å². The van der Waals surface area contributed by atoms with E-state index in [0.717, 1.165) is 10.2 Å². The molecule has 0 unspecified atom stereocenters. The molecule has 0 fully saturated rings. The molecule has 0 aliphatic rings. The Labute approximate surface area is 146 Å². The van der Waals surface area contributed by atoms with Crippen molar-refractivity contribution in [3.8, 4) is 0 Å². The van der Waals surface area contributed by atoms with Gasteiger partial charge in [-0.05, 0) is 30.5 Å². The summed E-state index contributed by atoms with van der Waals surface area (Å²) < 4.78 is 0. The maximum absolute atomic E-state index is 12.1. The van der Waals surface area contributed by atoms with Gasteiger partial charge in [0, 0.05) is 5.56 Å². The molecule has 0 radical (unpaired) electrons. The van der Waals surface area contributed by atoms with Crippen LogP contribution in [0.5, 0.6) is 0 Å². The standard InChI is InChI=1S/C16H14N4O2S2/c1-9(21)10-4-2-3-5-12(10)18-13(22)8-24-16-19-14(17)11-6-7-23-15(11)20-16/h2-7H,8H2,1H3,(H,18,22)(H2,17,19,20). The van der Waals surface area contributed by atoms with E-state index < -0.39 is 0 Å². The van der Waals surface area contributed by atoms with Crippen LogP contribution in [0.2, 0.25) is 0 Å². The second kappa shape index (κ2) is 6.98. The average Bonchev–Trinajstić information content (AvgIpc) is 3.02. The summed E-state index contributed by atoms with van der Waals surface area (Å²) in [5.74, 6) is 0.203. The minimum atomic E-state index is -0.234. The van der Waals surface area contributed by atoms with Gasteiger partial charge in [0.15, 0.2) is 10.9 Å². The first-order valence-electron chi connectivity index (χ1n) is 7.08. The van der Waals surface area contributed by atoms with Gasteiger partial charge in [-0.1, -0.05) is 23.9 Å². The van der Waals surface area contributed by atoms with Gasteiger partial charge in [0.25, 0.3) is 0 Å². The number of nitrogens with zero attached hydrogens (tertiary/aromatic N) is 2. The number of anilines is 2. The molecule has 3 N–H and O–H groups in total. The minimum absolute atomic E-state index is 0.0993. The van der Waals surface area contributed by atoms with Crippen LogP contribution < -0.4 is 11.1 Å². The number of hydrogen-bond donors (Lipinski definition) is 2. The van der Waals surface area contributed by atoms with Crippen LogP contribution in [0.25, 0.3) is 10.2 Å². The number of Topliss-reactive ketones (excluding diaryl/α,β-unsaturated/α-hetero) is 1. The highest BCUT2D eigenvalue weighted by molar-refractivity contribution is 7.99. The lowest BCUT2D eigenvalue weighted by Gasteiger charge is -2.08. The molecule has 0 saturated heterocycles. The predicted octanol–water partition coefficient (Wildman–Crippen LogP) is 3.21. The van der Waals surface area contributed by atoms with Crippen LogP contribution in [-0.2, 0) is 4.79 Å². The van der Waals surface area contributed by atoms with E-state index in [0.29, 0.717) is 22.2 Å². The van der Waals surface area contributed by atoms with Gasteiger partial charge in [-0.25, -0.2) is 9.97 Å². The summed E-state index contributed by atoms with van der Waals surface area (Å²) in [5, 5.41) is 5.92. The van der Waals surface area contributed by atoms with Crippen molar-refractivity contribution < 1.29 is 9.59 Å². The fraction of sp³-hybridized carbons (Fsp3) is 0.125. The van der Waals surface area contributed by atoms with Crippen LogP contribution in [0.3, 0.4) is 0 Å². The van der Waals surface area contributed by atoms with Crippen molar-refractivity contribution in [1.82, 2.24) is 9.97 Å². The number of nitrogen functional groups attached to an aromatic ring is 1. The van der Waals surface area contributed by atoms with Crippen molar-refractivity contribution in [2.45, 2.75) is 12.1 Å². The van der Waals surface area contributed by atoms with Gasteiger partial charge in [-0.3, -0.25) is 9.59 Å². The zero-order chi connectivity index (χ0) is 17.1. The molecule has 2 aromatic heterocycles. The van der Waals surface area contributed by atoms with E-state index in [1.54, 1.807) is 24.3 Å². The maximum Gasteiger partial charge on any atom is 0.234 e. The van der Waals surface area contributed by atoms with Gasteiger partial charge in [-0.2, -0.15) is 0 Å². The molecule has 0 bridgehead atoms. The molecule has 8 heteroatoms. The van der Waals surface area contributed by atoms with E-state index >= 15 is 0 Å². The lowest BCUT2D eigenvalue weighted by molar-refractivity contribution is -0.113. The molecule has 1 amide bonds. The number of para-hydroxylation sites is 1. The van der Waals surface area contributed by atoms with Crippen LogP contribution in [0, 0.1) is 0 Å². The lowest BCUT2D eigenvalue weighted by Crippen LogP contribution is -2.16. The van der Waals surface area contributed by atoms with Crippen LogP contribution >= 0.6 is 23.1 Å². The molecule has 1 aromatic carbocycles. The summed E-state index contributed by atoms with van der Waals surface area (Å²) >= 11 is 2.68. The smallest absolute Gasteiger partial charge is 0.234 e. The Morgan fingerprint density at radius 3 is 2.83 bits per heavy atom. The Morgan fingerprint density at radius 1 is 1.25 bits per heavy atom. The molecule has 0 aliphatic carbocycles. The number of nitrogens with one attached hydrogen (secondary N) is 1. The van der Waals surface area contributed by atoms with Crippen LogP contribution in [0.1, 0.15) is 17.3 Å². The summed E-state index contributed by atoms with van der Waals surface area (Å²) in [6.07, 6.45) is 0. The number of amides is 1. The largest absolute Gasteiger partial charge is 0.383 e. The molecule has 24 heavy (non-hydrogen) atoms. The highest BCUT2D eigenvalue weighted by Crippen LogP contribution is 2.26. The number of aromatic nitrogens is 2. The van der Waals surface area contributed by atoms with Crippen LogP contribution in [0.15, 0.2) is 40.9 Å². The Morgan fingerprint density at radius 2 is 2.04 bits per heavy atom. The Hall–Kier alpha value is -2.45. The summed E-state index contributed by atoms with van der Waals surface area (Å²) in [4.78, 5) is 33.1. The zero-order valence-corrected chi connectivity index (χ0v) is 14.4. The fourth-order valence-corrected chi connectivity index (χ4v) is 3.62. The van der Waals surface area contributed by atoms with Gasteiger partial charge in [-0.15, -0.1) is 11.3 Å². The van der Waals surface area contributed by atoms with E-state index in [1.807, 2.05) is 11.4 Å². The molecule has 122 valence electrons. The number of hydrogen-bond acceptors (Lipinski definition) is 7. The van der Waals surface area contributed by atoms with E-state index in [1.165, 1.54) is 30.0 Å². The number of thioether (sulfide) groups is 1. The van der Waals surface area contributed by atoms with Gasteiger partial charge >= 0.3 is 0 Å². The molecular formula is C16H14N4O2S2. The summed E-state index contributed by atoms with van der Waals surface area (Å²) in [6, 6.07) is 8.78. The Bertz CT molecular complexity index is 923. The predicted molar refractivity (Wildman–Crippen MR) is 97.6 cm³/mol. The fourth-order valence-electron chi connectivity index (χ4n) is 2.14. The molecule has 3 aromatic rings. The summed E-state index contributed by atoms with van der Waals surface area (Å²) in [6.45, 7) is 1.46. The van der Waals surface area contributed by atoms with E-state index in [9.17, 15) is 9.59 Å². The highest BCUT2D eigenvalue weighted by atomic mass is 32.2. The number of ketones is 1. The number of rotatable bonds is 5. The SMILES string of the molecule is CC(=O)c1ccccc1NC(=O)CSc1nc(N)c2ccsc2n1. The zero-order valence-electron chi connectivity index (χ0n) is 12.8. The molecule has 0 saturated carbocycles. The molecule has 2 heterocycles. The highest BCUT2D eigenvalue weighted by Gasteiger charge is 2.12. The number of carbonyl (C=O) groups is 2. The molecule has 0 aliphatic heterocycles. The first kappa shape index (κ1) is 16.4. The Balaban J connectivity index is 1.68. The molecule has 0 spiro atoms. The number of thiophene rings is 1. The first-order valence-corrected chi connectivity index (χ1v) is 8.94. The number of nitrogens with two attached hydrogens (primary N) is 1. The van der Waals surface area contributed by atoms with Crippen LogP contribution in [0.4, 0.5) is 11.5 Å². The van der Waals surface area contributed by atoms with Crippen molar-refractivity contribution in [3.05, 3.63) is 41.3 Å². The Kier molecular flexibility index (Phi) is 4.77. The van der Waals surface area contributed by atoms with Gasteiger partial charge in [0.2, 0.25) is 5.91 Å². The quantitative estimate of drug-likeness (QED) is 0.413. The van der Waals surface area contributed by atoms with Crippen molar-refractivity contribution in [1.29, 1.82) is 0 Å². The van der Waals surface area contributed by atoms with Crippen molar-refractivity contribution in [2.24, 2.45) is 0 Å². The second-order valence-electron chi connectivity index (χ2n) is 4.97. The molecule has 0 atom stereocenters. The van der Waals surface area contributed by atoms with E-state index in [4.69, 9.17) is 5.73 Å². The van der Waals surface area contributed by atoms with E-state index in [-0.39, 0.29) is 17.4 Å². The van der Waals surface area contributed by atoms with Gasteiger partial charge < -0.3 is 11.1 Å². The van der Waals surface area contributed by atoms with E-state index in [2.05, 4.69) is 15.3 Å². The maximum atomic E-state index is 12.1. The lowest BCUT2D eigenvalue weighted by atomic mass is 10.1. The first-order chi connectivity index (χ1) is 11.5. The number of benzene rings is 1. The third-order valence-corrected chi connectivity index (χ3v) is 4.90. The second-order valence-corrected chi connectivity index (χ2v) is 6.81. The third kappa shape index (κ3) is 3.55. The monoisotopic (exact) mass is 358 g/mol. The molecule has 3 rings (SSSR count). The topological polar surface area (TPSA) is 98.0 Å². The molecular weight excluding hydrogens is 344 g/mol. The van der Waals surface area contributed by atoms with Crippen molar-refractivity contribution >= 4 is 56.5 Å². The van der Waals surface area contributed by atoms with Gasteiger partial charge in [0.05, 0.1) is 16.8 Å². The number of fused-ring (bicyclic) bond motifs is 1. The summed E-state index contributed by atoms with van der Waals surface area (Å²) in [7, 11) is 0. The average molecular weight is 358 g/mol. The third-order valence-electron chi connectivity index (χ3n) is 3.25.